The van der Waals surface area contributed by atoms with Crippen molar-refractivity contribution in [2.24, 2.45) is 0 Å². The first-order chi connectivity index (χ1) is 9.84. The number of aldehydes is 1. The van der Waals surface area contributed by atoms with Crippen molar-refractivity contribution in [3.8, 4) is 0 Å². The Bertz CT molecular complexity index is 388. The van der Waals surface area contributed by atoms with Crippen molar-refractivity contribution in [2.45, 2.75) is 24.4 Å². The van der Waals surface area contributed by atoms with Crippen LogP contribution in [-0.2, 0) is 4.79 Å². The van der Waals surface area contributed by atoms with Crippen LogP contribution in [0.4, 0.5) is 0 Å². The SMILES string of the molecule is O=C[C@H](O)[C@@H](O)[C@H](O)[C@H](O)CO.OB(O)c1ccccc1. The van der Waals surface area contributed by atoms with Crippen LogP contribution in [0.25, 0.3) is 0 Å². The highest BCUT2D eigenvalue weighted by Crippen LogP contribution is 2.02. The average Bonchev–Trinajstić information content (AvgIpc) is 2.53. The Morgan fingerprint density at radius 2 is 1.52 bits per heavy atom. The molecule has 0 saturated heterocycles. The van der Waals surface area contributed by atoms with E-state index in [2.05, 4.69) is 0 Å². The summed E-state index contributed by atoms with van der Waals surface area (Å²) >= 11 is 0. The van der Waals surface area contributed by atoms with Crippen molar-refractivity contribution in [3.63, 3.8) is 0 Å². The van der Waals surface area contributed by atoms with E-state index in [0.29, 0.717) is 5.46 Å². The molecular weight excluding hydrogens is 283 g/mol. The Labute approximate surface area is 121 Å². The van der Waals surface area contributed by atoms with E-state index in [1.165, 1.54) is 0 Å². The smallest absolute Gasteiger partial charge is 0.423 e. The van der Waals surface area contributed by atoms with Crippen molar-refractivity contribution >= 4 is 18.9 Å². The van der Waals surface area contributed by atoms with E-state index in [4.69, 9.17) is 35.6 Å². The quantitative estimate of drug-likeness (QED) is 0.207. The monoisotopic (exact) mass is 302 g/mol. The first-order valence-corrected chi connectivity index (χ1v) is 6.04. The van der Waals surface area contributed by atoms with E-state index < -0.39 is 38.1 Å². The van der Waals surface area contributed by atoms with Gasteiger partial charge in [-0.1, -0.05) is 30.3 Å². The van der Waals surface area contributed by atoms with E-state index >= 15 is 0 Å². The van der Waals surface area contributed by atoms with Crippen LogP contribution in [0.1, 0.15) is 0 Å². The molecule has 1 aromatic rings. The van der Waals surface area contributed by atoms with Crippen LogP contribution in [0.5, 0.6) is 0 Å². The second kappa shape index (κ2) is 10.4. The molecule has 0 saturated carbocycles. The van der Waals surface area contributed by atoms with Crippen molar-refractivity contribution in [2.75, 3.05) is 6.61 Å². The Kier molecular flexibility index (Phi) is 9.75. The Morgan fingerprint density at radius 3 is 1.86 bits per heavy atom. The van der Waals surface area contributed by atoms with Crippen molar-refractivity contribution in [3.05, 3.63) is 30.3 Å². The Hall–Kier alpha value is -1.33. The number of rotatable bonds is 6. The summed E-state index contributed by atoms with van der Waals surface area (Å²) in [4.78, 5) is 9.90. The molecule has 8 nitrogen and oxygen atoms in total. The van der Waals surface area contributed by atoms with Gasteiger partial charge in [-0.15, -0.1) is 0 Å². The minimum absolute atomic E-state index is 0.0258. The lowest BCUT2D eigenvalue weighted by molar-refractivity contribution is -0.136. The van der Waals surface area contributed by atoms with Crippen LogP contribution in [0.2, 0.25) is 0 Å². The van der Waals surface area contributed by atoms with Crippen LogP contribution in [-0.4, -0.2) is 80.0 Å². The first-order valence-electron chi connectivity index (χ1n) is 6.04. The number of hydrogen-bond acceptors (Lipinski definition) is 8. The predicted molar refractivity (Wildman–Crippen MR) is 73.4 cm³/mol. The molecule has 4 atom stereocenters. The van der Waals surface area contributed by atoms with Gasteiger partial charge >= 0.3 is 7.12 Å². The Balaban J connectivity index is 0.000000394. The summed E-state index contributed by atoms with van der Waals surface area (Å²) in [6.07, 6.45) is -6.84. The van der Waals surface area contributed by atoms with E-state index in [9.17, 15) is 4.79 Å². The summed E-state index contributed by atoms with van der Waals surface area (Å²) in [6, 6.07) is 8.66. The van der Waals surface area contributed by atoms with Gasteiger partial charge in [-0.25, -0.2) is 0 Å². The normalized spacial score (nSPS) is 16.0. The molecule has 0 fully saturated rings. The first kappa shape index (κ1) is 19.7. The lowest BCUT2D eigenvalue weighted by Crippen LogP contribution is -2.46. The molecule has 0 unspecified atom stereocenters. The molecule has 0 amide bonds. The third-order valence-corrected chi connectivity index (χ3v) is 2.52. The minimum atomic E-state index is -1.79. The van der Waals surface area contributed by atoms with Crippen LogP contribution in [0.15, 0.2) is 30.3 Å². The number of benzene rings is 1. The van der Waals surface area contributed by atoms with Gasteiger partial charge in [0.25, 0.3) is 0 Å². The highest BCUT2D eigenvalue weighted by atomic mass is 16.4. The fraction of sp³-hybridized carbons (Fsp3) is 0.417. The maximum absolute atomic E-state index is 9.90. The van der Waals surface area contributed by atoms with E-state index in [-0.39, 0.29) is 6.29 Å². The van der Waals surface area contributed by atoms with Crippen LogP contribution in [0.3, 0.4) is 0 Å². The molecule has 9 heteroatoms. The molecule has 0 spiro atoms. The fourth-order valence-corrected chi connectivity index (χ4v) is 1.24. The molecular formula is C12H19BO8. The van der Waals surface area contributed by atoms with Gasteiger partial charge in [0.2, 0.25) is 0 Å². The van der Waals surface area contributed by atoms with E-state index in [1.807, 2.05) is 6.07 Å². The second-order valence-electron chi connectivity index (χ2n) is 4.14. The lowest BCUT2D eigenvalue weighted by Gasteiger charge is -2.22. The maximum atomic E-state index is 9.90. The van der Waals surface area contributed by atoms with Crippen molar-refractivity contribution in [1.29, 1.82) is 0 Å². The number of carbonyl (C=O) groups is 1. The molecule has 0 aliphatic heterocycles. The third kappa shape index (κ3) is 7.30. The Morgan fingerprint density at radius 1 is 1.00 bits per heavy atom. The summed E-state index contributed by atoms with van der Waals surface area (Å²) < 4.78 is 0. The molecule has 1 aromatic carbocycles. The molecule has 1 rings (SSSR count). The number of carbonyl (C=O) groups excluding carboxylic acids is 1. The van der Waals surface area contributed by atoms with Gasteiger partial charge in [-0.3, -0.25) is 0 Å². The zero-order valence-electron chi connectivity index (χ0n) is 11.1. The van der Waals surface area contributed by atoms with E-state index in [0.717, 1.165) is 0 Å². The number of aliphatic hydroxyl groups is 5. The predicted octanol–water partition coefficient (Wildman–Crippen LogP) is -4.01. The molecule has 0 radical (unpaired) electrons. The van der Waals surface area contributed by atoms with Gasteiger partial charge in [0.15, 0.2) is 6.29 Å². The third-order valence-electron chi connectivity index (χ3n) is 2.52. The maximum Gasteiger partial charge on any atom is 0.488 e. The van der Waals surface area contributed by atoms with Crippen LogP contribution >= 0.6 is 0 Å². The van der Waals surface area contributed by atoms with Gasteiger partial charge in [0.1, 0.15) is 24.4 Å². The minimum Gasteiger partial charge on any atom is -0.423 e. The summed E-state index contributed by atoms with van der Waals surface area (Å²) in [5.41, 5.74) is 0.525. The zero-order chi connectivity index (χ0) is 16.4. The molecule has 0 bridgehead atoms. The topological polar surface area (TPSA) is 159 Å². The second-order valence-corrected chi connectivity index (χ2v) is 4.14. The van der Waals surface area contributed by atoms with Crippen LogP contribution < -0.4 is 5.46 Å². The van der Waals surface area contributed by atoms with Crippen molar-refractivity contribution < 1.29 is 40.4 Å². The zero-order valence-corrected chi connectivity index (χ0v) is 11.1. The highest BCUT2D eigenvalue weighted by Gasteiger charge is 2.29. The molecule has 0 heterocycles. The number of aliphatic hydroxyl groups excluding tert-OH is 5. The molecule has 118 valence electrons. The van der Waals surface area contributed by atoms with Gasteiger partial charge in [0.05, 0.1) is 6.61 Å². The van der Waals surface area contributed by atoms with Gasteiger partial charge < -0.3 is 40.4 Å². The molecule has 7 N–H and O–H groups in total. The molecule has 0 aliphatic rings. The molecule has 0 aromatic heterocycles. The number of hydrogen-bond donors (Lipinski definition) is 7. The standard InChI is InChI=1S/C6H7BO2.C6H12O6/c8-7(9)6-4-2-1-3-5-6;7-1-3(9)5(11)6(12)4(10)2-8/h1-5,8-9H;1,3-6,8-12H,2H2/t;3-,4+,5+,6+/m.0/s1. The summed E-state index contributed by atoms with van der Waals surface area (Å²) in [7, 11) is -1.34. The van der Waals surface area contributed by atoms with Crippen molar-refractivity contribution in [1.82, 2.24) is 0 Å². The van der Waals surface area contributed by atoms with Gasteiger partial charge in [0, 0.05) is 0 Å². The summed E-state index contributed by atoms with van der Waals surface area (Å²) in [5, 5.41) is 60.7. The fourth-order valence-electron chi connectivity index (χ4n) is 1.24. The van der Waals surface area contributed by atoms with Gasteiger partial charge in [-0.2, -0.15) is 0 Å². The van der Waals surface area contributed by atoms with Gasteiger partial charge in [-0.05, 0) is 5.46 Å². The highest BCUT2D eigenvalue weighted by molar-refractivity contribution is 6.58. The molecule has 21 heavy (non-hydrogen) atoms. The largest absolute Gasteiger partial charge is 0.488 e. The summed E-state index contributed by atoms with van der Waals surface area (Å²) in [6.45, 7) is -0.760. The lowest BCUT2D eigenvalue weighted by atomic mass is 9.81. The van der Waals surface area contributed by atoms with E-state index in [1.54, 1.807) is 24.3 Å². The average molecular weight is 302 g/mol. The molecule has 0 aliphatic carbocycles. The summed E-state index contributed by atoms with van der Waals surface area (Å²) in [5.74, 6) is 0. The van der Waals surface area contributed by atoms with Crippen LogP contribution in [0, 0.1) is 0 Å².